The lowest BCUT2D eigenvalue weighted by molar-refractivity contribution is -0.385. The van der Waals surface area contributed by atoms with Crippen molar-refractivity contribution in [3.63, 3.8) is 0 Å². The number of benzene rings is 2. The van der Waals surface area contributed by atoms with E-state index < -0.39 is 4.92 Å². The molecule has 2 aromatic carbocycles. The average molecular weight is 378 g/mol. The second-order valence-electron chi connectivity index (χ2n) is 8.13. The maximum Gasteiger partial charge on any atom is 0.270 e. The molecule has 0 amide bonds. The quantitative estimate of drug-likeness (QED) is 0.168. The number of nitrogens with zero attached hydrogens (tertiary/aromatic N) is 2. The summed E-state index contributed by atoms with van der Waals surface area (Å²) in [7, 11) is 0. The van der Waals surface area contributed by atoms with Gasteiger partial charge in [0, 0.05) is 29.8 Å². The van der Waals surface area contributed by atoms with Gasteiger partial charge >= 0.3 is 0 Å². The first-order valence-corrected chi connectivity index (χ1v) is 9.56. The fraction of sp³-hybridized carbons (Fsp3) is 0.348. The first-order valence-electron chi connectivity index (χ1n) is 9.56. The van der Waals surface area contributed by atoms with Crippen molar-refractivity contribution in [2.75, 3.05) is 0 Å². The van der Waals surface area contributed by atoms with Gasteiger partial charge < -0.3 is 5.21 Å². The highest BCUT2D eigenvalue weighted by Gasteiger charge is 2.49. The highest BCUT2D eigenvalue weighted by molar-refractivity contribution is 5.77. The van der Waals surface area contributed by atoms with Crippen LogP contribution < -0.4 is 0 Å². The van der Waals surface area contributed by atoms with Crippen molar-refractivity contribution in [3.05, 3.63) is 87.1 Å². The Hall–Kier alpha value is -2.95. The molecule has 1 saturated carbocycles. The van der Waals surface area contributed by atoms with E-state index >= 15 is 0 Å². The van der Waals surface area contributed by atoms with Crippen LogP contribution in [0.3, 0.4) is 0 Å². The summed E-state index contributed by atoms with van der Waals surface area (Å²) < 4.78 is 0.680. The summed E-state index contributed by atoms with van der Waals surface area (Å²) in [4.78, 5) is 10.1. The summed E-state index contributed by atoms with van der Waals surface area (Å²) in [5, 5.41) is 22.4. The molecule has 3 aliphatic carbocycles. The van der Waals surface area contributed by atoms with Crippen LogP contribution in [-0.2, 0) is 0 Å². The lowest BCUT2D eigenvalue weighted by Crippen LogP contribution is -2.47. The molecule has 28 heavy (non-hydrogen) atoms. The molecule has 0 radical (unpaired) electrons. The summed E-state index contributed by atoms with van der Waals surface area (Å²) in [6, 6.07) is 14.6. The number of nitro benzene ring substituents is 1. The smallest absolute Gasteiger partial charge is 0.270 e. The first kappa shape index (κ1) is 19.8. The number of nitro groups is 1. The van der Waals surface area contributed by atoms with Gasteiger partial charge in [0.2, 0.25) is 5.69 Å². The summed E-state index contributed by atoms with van der Waals surface area (Å²) in [6.07, 6.45) is 6.55. The van der Waals surface area contributed by atoms with Crippen LogP contribution in [0.5, 0.6) is 0 Å². The van der Waals surface area contributed by atoms with E-state index in [4.69, 9.17) is 0 Å². The van der Waals surface area contributed by atoms with Crippen molar-refractivity contribution >= 4 is 17.6 Å². The molecule has 2 aromatic rings. The molecule has 0 heterocycles. The molecule has 2 atom stereocenters. The molecule has 0 aromatic heterocycles. The maximum absolute atomic E-state index is 11.8. The minimum atomic E-state index is -0.491. The van der Waals surface area contributed by atoms with E-state index in [0.717, 1.165) is 11.8 Å². The fourth-order valence-corrected chi connectivity index (χ4v) is 4.16. The minimum absolute atomic E-state index is 0.0368. The van der Waals surface area contributed by atoms with Gasteiger partial charge in [-0.05, 0) is 43.1 Å². The van der Waals surface area contributed by atoms with Crippen LogP contribution in [0.15, 0.2) is 66.2 Å². The number of hydrogen-bond acceptors (Lipinski definition) is 3. The van der Waals surface area contributed by atoms with Gasteiger partial charge in [0.05, 0.1) is 4.92 Å². The zero-order valence-corrected chi connectivity index (χ0v) is 16.5. The number of rotatable bonds is 3. The highest BCUT2D eigenvalue weighted by Crippen LogP contribution is 2.58. The predicted octanol–water partition coefficient (Wildman–Crippen LogP) is 5.85. The Morgan fingerprint density at radius 1 is 1.04 bits per heavy atom. The van der Waals surface area contributed by atoms with Crippen molar-refractivity contribution in [3.8, 4) is 0 Å². The Labute approximate surface area is 165 Å². The summed E-state index contributed by atoms with van der Waals surface area (Å²) in [5.41, 5.74) is 3.21. The highest BCUT2D eigenvalue weighted by atomic mass is 16.6. The molecule has 0 aliphatic heterocycles. The molecule has 0 spiro atoms. The topological polar surface area (TPSA) is 69.2 Å². The molecule has 0 N–H and O–H groups in total. The van der Waals surface area contributed by atoms with Crippen LogP contribution in [0.2, 0.25) is 0 Å². The van der Waals surface area contributed by atoms with Gasteiger partial charge in [-0.25, -0.2) is 0 Å². The Kier molecular flexibility index (Phi) is 5.63. The second kappa shape index (κ2) is 7.97. The average Bonchev–Trinajstić information content (AvgIpc) is 2.69. The number of non-ortho nitro benzene ring substituents is 1. The van der Waals surface area contributed by atoms with Gasteiger partial charge in [-0.15, -0.1) is 0 Å². The summed E-state index contributed by atoms with van der Waals surface area (Å²) >= 11 is 0. The van der Waals surface area contributed by atoms with Gasteiger partial charge in [-0.3, -0.25) is 10.1 Å². The van der Waals surface area contributed by atoms with Crippen LogP contribution in [0, 0.1) is 32.6 Å². The molecule has 5 rings (SSSR count). The molecule has 5 nitrogen and oxygen atoms in total. The van der Waals surface area contributed by atoms with Gasteiger partial charge in [0.25, 0.3) is 5.69 Å². The first-order chi connectivity index (χ1) is 13.3. The second-order valence-corrected chi connectivity index (χ2v) is 8.13. The molecule has 2 unspecified atom stereocenters. The monoisotopic (exact) mass is 378 g/mol. The standard InChI is InChI=1S/C13H10N2O3.C10H16/c16-14(12-6-2-1-3-7-12)10-11-5-4-8-13(9-11)15(17)18;1-7-4-5-8-6-9(7)10(8,2)3/h1-10H;4,8-9H,5-6H2,1-3H3. The number of hydrogen-bond donors (Lipinski definition) is 0. The molecule has 0 saturated heterocycles. The third-order valence-electron chi connectivity index (χ3n) is 6.10. The van der Waals surface area contributed by atoms with Gasteiger partial charge in [0.15, 0.2) is 6.21 Å². The number of fused-ring (bicyclic) bond motifs is 1. The van der Waals surface area contributed by atoms with Gasteiger partial charge in [-0.1, -0.05) is 49.8 Å². The van der Waals surface area contributed by atoms with E-state index in [2.05, 4.69) is 26.8 Å². The Balaban J connectivity index is 0.000000188. The number of allylic oxidation sites excluding steroid dienone is 2. The van der Waals surface area contributed by atoms with Crippen LogP contribution in [0.4, 0.5) is 11.4 Å². The Morgan fingerprint density at radius 2 is 1.71 bits per heavy atom. The van der Waals surface area contributed by atoms with Gasteiger partial charge in [-0.2, -0.15) is 4.74 Å². The van der Waals surface area contributed by atoms with E-state index in [1.807, 2.05) is 6.07 Å². The van der Waals surface area contributed by atoms with E-state index in [9.17, 15) is 15.3 Å². The lowest BCUT2D eigenvalue weighted by Gasteiger charge is -2.56. The van der Waals surface area contributed by atoms with Crippen molar-refractivity contribution in [2.24, 2.45) is 17.3 Å². The fourth-order valence-electron chi connectivity index (χ4n) is 4.16. The third-order valence-corrected chi connectivity index (χ3v) is 6.10. The zero-order chi connectivity index (χ0) is 20.3. The normalized spacial score (nSPS) is 22.2. The minimum Gasteiger partial charge on any atom is -0.618 e. The molecule has 3 aliphatic rings. The van der Waals surface area contributed by atoms with E-state index in [1.54, 1.807) is 42.0 Å². The van der Waals surface area contributed by atoms with Crippen molar-refractivity contribution in [1.29, 1.82) is 0 Å². The molecular formula is C23H26N2O3. The predicted molar refractivity (Wildman–Crippen MR) is 112 cm³/mol. The van der Waals surface area contributed by atoms with Crippen LogP contribution in [-0.4, -0.2) is 15.9 Å². The third kappa shape index (κ3) is 4.14. The van der Waals surface area contributed by atoms with E-state index in [0.29, 0.717) is 21.4 Å². The largest absolute Gasteiger partial charge is 0.618 e. The molecule has 1 fully saturated rings. The van der Waals surface area contributed by atoms with Crippen molar-refractivity contribution in [1.82, 2.24) is 0 Å². The molecular weight excluding hydrogens is 352 g/mol. The van der Waals surface area contributed by atoms with Crippen molar-refractivity contribution < 1.29 is 9.66 Å². The SMILES string of the molecule is CC1=CCC2CC1C2(C)C.O=[N+]([O-])c1cccc(C=[N+]([O-])c2ccccc2)c1. The van der Waals surface area contributed by atoms with Gasteiger partial charge in [0.1, 0.15) is 0 Å². The van der Waals surface area contributed by atoms with Crippen LogP contribution >= 0.6 is 0 Å². The van der Waals surface area contributed by atoms with E-state index in [-0.39, 0.29) is 5.69 Å². The summed E-state index contributed by atoms with van der Waals surface area (Å²) in [5.74, 6) is 1.92. The van der Waals surface area contributed by atoms with Crippen molar-refractivity contribution in [2.45, 2.75) is 33.6 Å². The number of para-hydroxylation sites is 1. The lowest BCUT2D eigenvalue weighted by atomic mass is 9.49. The Bertz CT molecular complexity index is 916. The Morgan fingerprint density at radius 3 is 2.25 bits per heavy atom. The van der Waals surface area contributed by atoms with Crippen LogP contribution in [0.25, 0.3) is 0 Å². The van der Waals surface area contributed by atoms with E-state index in [1.165, 1.54) is 31.2 Å². The zero-order valence-electron chi connectivity index (χ0n) is 16.5. The maximum atomic E-state index is 11.8. The molecule has 5 heteroatoms. The molecule has 146 valence electrons. The molecule has 2 bridgehead atoms. The van der Waals surface area contributed by atoms with Crippen LogP contribution in [0.1, 0.15) is 39.2 Å². The summed E-state index contributed by atoms with van der Waals surface area (Å²) in [6.45, 7) is 7.13.